The van der Waals surface area contributed by atoms with Gasteiger partial charge < -0.3 is 24.6 Å². The zero-order valence-electron chi connectivity index (χ0n) is 19.9. The molecule has 0 fully saturated rings. The van der Waals surface area contributed by atoms with Gasteiger partial charge in [-0.25, -0.2) is 4.79 Å². The number of nitrogens with zero attached hydrogens (tertiary/aromatic N) is 3. The molecule has 0 saturated heterocycles. The van der Waals surface area contributed by atoms with E-state index in [1.54, 1.807) is 48.1 Å². The van der Waals surface area contributed by atoms with Gasteiger partial charge in [-0.15, -0.1) is 10.2 Å². The SMILES string of the molecule is COc1ccc2c(c1)c(N=Nc1cccc(-c3cccc(C(=O)O)c3)c1O)c(O)n2Cc1ccccc1. The highest BCUT2D eigenvalue weighted by molar-refractivity contribution is 5.96. The van der Waals surface area contributed by atoms with Crippen molar-refractivity contribution in [3.05, 3.63) is 102 Å². The number of fused-ring (bicyclic) bond motifs is 1. The Labute approximate surface area is 212 Å². The highest BCUT2D eigenvalue weighted by Crippen LogP contribution is 2.43. The van der Waals surface area contributed by atoms with Crippen molar-refractivity contribution >= 4 is 28.2 Å². The van der Waals surface area contributed by atoms with Gasteiger partial charge in [0.05, 0.1) is 24.7 Å². The number of phenols is 1. The number of hydrogen-bond acceptors (Lipinski definition) is 6. The van der Waals surface area contributed by atoms with Crippen LogP contribution < -0.4 is 4.74 Å². The molecule has 0 saturated carbocycles. The van der Waals surface area contributed by atoms with Gasteiger partial charge in [0.15, 0.2) is 11.4 Å². The summed E-state index contributed by atoms with van der Waals surface area (Å²) in [4.78, 5) is 11.4. The molecule has 8 nitrogen and oxygen atoms in total. The molecule has 184 valence electrons. The zero-order valence-corrected chi connectivity index (χ0v) is 19.9. The average molecular weight is 494 g/mol. The van der Waals surface area contributed by atoms with Crippen molar-refractivity contribution in [2.75, 3.05) is 7.11 Å². The molecule has 0 radical (unpaired) electrons. The van der Waals surface area contributed by atoms with Gasteiger partial charge in [0.2, 0.25) is 5.88 Å². The number of benzene rings is 4. The normalized spacial score (nSPS) is 11.3. The van der Waals surface area contributed by atoms with Gasteiger partial charge in [0, 0.05) is 10.9 Å². The fourth-order valence-electron chi connectivity index (χ4n) is 4.22. The number of methoxy groups -OCH3 is 1. The molecule has 0 aliphatic rings. The molecule has 4 aromatic carbocycles. The van der Waals surface area contributed by atoms with Gasteiger partial charge in [-0.05, 0) is 47.5 Å². The highest BCUT2D eigenvalue weighted by Gasteiger charge is 2.18. The van der Waals surface area contributed by atoms with Gasteiger partial charge in [-0.2, -0.15) is 0 Å². The molecule has 8 heteroatoms. The van der Waals surface area contributed by atoms with Gasteiger partial charge in [-0.3, -0.25) is 0 Å². The first-order chi connectivity index (χ1) is 18.0. The molecule has 0 bridgehead atoms. The molecule has 5 rings (SSSR count). The summed E-state index contributed by atoms with van der Waals surface area (Å²) in [6, 6.07) is 26.4. The number of para-hydroxylation sites is 1. The van der Waals surface area contributed by atoms with Crippen molar-refractivity contribution in [3.63, 3.8) is 0 Å². The molecule has 0 aliphatic carbocycles. The Bertz CT molecular complexity index is 1640. The second kappa shape index (κ2) is 9.87. The number of carboxylic acid groups (broad SMARTS) is 1. The molecule has 0 unspecified atom stereocenters. The predicted octanol–water partition coefficient (Wildman–Crippen LogP) is 6.89. The molecule has 1 heterocycles. The summed E-state index contributed by atoms with van der Waals surface area (Å²) in [5.41, 5.74) is 3.21. The molecule has 0 amide bonds. The maximum absolute atomic E-state index is 11.4. The number of carbonyl (C=O) groups is 1. The number of aromatic hydroxyl groups is 2. The van der Waals surface area contributed by atoms with Crippen LogP contribution in [0.4, 0.5) is 11.4 Å². The summed E-state index contributed by atoms with van der Waals surface area (Å²) >= 11 is 0. The summed E-state index contributed by atoms with van der Waals surface area (Å²) in [6.45, 7) is 0.422. The van der Waals surface area contributed by atoms with Crippen LogP contribution in [0.2, 0.25) is 0 Å². The van der Waals surface area contributed by atoms with Crippen LogP contribution in [0.15, 0.2) is 101 Å². The number of azo groups is 1. The minimum absolute atomic E-state index is 0.0688. The van der Waals surface area contributed by atoms with E-state index >= 15 is 0 Å². The first kappa shape index (κ1) is 23.6. The largest absolute Gasteiger partial charge is 0.505 e. The van der Waals surface area contributed by atoms with Crippen LogP contribution in [0.3, 0.4) is 0 Å². The predicted molar refractivity (Wildman–Crippen MR) is 140 cm³/mol. The van der Waals surface area contributed by atoms with Crippen LogP contribution >= 0.6 is 0 Å². The molecular formula is C29H23N3O5. The summed E-state index contributed by atoms with van der Waals surface area (Å²) in [5, 5.41) is 40.6. The number of hydrogen-bond donors (Lipinski definition) is 3. The van der Waals surface area contributed by atoms with E-state index in [4.69, 9.17) is 4.74 Å². The Kier molecular flexibility index (Phi) is 6.30. The third-order valence-electron chi connectivity index (χ3n) is 6.09. The Hall–Kier alpha value is -5.11. The number of ether oxygens (including phenoxy) is 1. The fourth-order valence-corrected chi connectivity index (χ4v) is 4.22. The third kappa shape index (κ3) is 4.60. The number of aromatic nitrogens is 1. The molecule has 5 aromatic rings. The molecule has 37 heavy (non-hydrogen) atoms. The maximum Gasteiger partial charge on any atom is 0.335 e. The Morgan fingerprint density at radius 2 is 1.68 bits per heavy atom. The van der Waals surface area contributed by atoms with Crippen LogP contribution in [0.1, 0.15) is 15.9 Å². The summed E-state index contributed by atoms with van der Waals surface area (Å²) in [6.07, 6.45) is 0. The smallest absolute Gasteiger partial charge is 0.335 e. The first-order valence-electron chi connectivity index (χ1n) is 11.5. The average Bonchev–Trinajstić information content (AvgIpc) is 3.18. The number of rotatable bonds is 7. The van der Waals surface area contributed by atoms with E-state index in [1.807, 2.05) is 42.5 Å². The second-order valence-corrected chi connectivity index (χ2v) is 8.39. The van der Waals surface area contributed by atoms with Crippen LogP contribution in [0.5, 0.6) is 17.4 Å². The lowest BCUT2D eigenvalue weighted by Gasteiger charge is -2.08. The number of aromatic carboxylic acids is 1. The van der Waals surface area contributed by atoms with Crippen LogP contribution in [-0.4, -0.2) is 33.0 Å². The standard InChI is InChI=1S/C29H23N3O5/c1-37-21-13-14-25-23(16-21)26(28(34)32(25)17-18-7-3-2-4-8-18)31-30-24-12-6-11-22(27(24)33)19-9-5-10-20(15-19)29(35)36/h2-16,33-34H,17H2,1H3,(H,35,36). The van der Waals surface area contributed by atoms with E-state index < -0.39 is 5.97 Å². The maximum atomic E-state index is 11.4. The van der Waals surface area contributed by atoms with Crippen molar-refractivity contribution in [2.45, 2.75) is 6.54 Å². The van der Waals surface area contributed by atoms with E-state index in [2.05, 4.69) is 10.2 Å². The van der Waals surface area contributed by atoms with Crippen molar-refractivity contribution < 1.29 is 24.9 Å². The molecule has 1 aromatic heterocycles. The highest BCUT2D eigenvalue weighted by atomic mass is 16.5. The van der Waals surface area contributed by atoms with Crippen LogP contribution in [0, 0.1) is 0 Å². The van der Waals surface area contributed by atoms with E-state index in [1.165, 1.54) is 12.1 Å². The Morgan fingerprint density at radius 3 is 2.43 bits per heavy atom. The van der Waals surface area contributed by atoms with Crippen LogP contribution in [0.25, 0.3) is 22.0 Å². The molecule has 0 aliphatic heterocycles. The minimum atomic E-state index is -1.06. The molecule has 0 atom stereocenters. The van der Waals surface area contributed by atoms with E-state index in [0.717, 1.165) is 11.1 Å². The number of carboxylic acids is 1. The van der Waals surface area contributed by atoms with Crippen molar-refractivity contribution in [3.8, 4) is 28.5 Å². The van der Waals surface area contributed by atoms with Crippen molar-refractivity contribution in [1.29, 1.82) is 0 Å². The molecular weight excluding hydrogens is 470 g/mol. The summed E-state index contributed by atoms with van der Waals surface area (Å²) in [5.74, 6) is -0.682. The lowest BCUT2D eigenvalue weighted by atomic mass is 10.0. The quantitative estimate of drug-likeness (QED) is 0.213. The summed E-state index contributed by atoms with van der Waals surface area (Å²) in [7, 11) is 1.56. The monoisotopic (exact) mass is 493 g/mol. The first-order valence-corrected chi connectivity index (χ1v) is 11.5. The summed E-state index contributed by atoms with van der Waals surface area (Å²) < 4.78 is 7.12. The Balaban J connectivity index is 1.58. The second-order valence-electron chi connectivity index (χ2n) is 8.39. The lowest BCUT2D eigenvalue weighted by molar-refractivity contribution is 0.0697. The Morgan fingerprint density at radius 1 is 0.892 bits per heavy atom. The van der Waals surface area contributed by atoms with E-state index in [0.29, 0.717) is 28.8 Å². The van der Waals surface area contributed by atoms with Crippen LogP contribution in [-0.2, 0) is 6.54 Å². The zero-order chi connectivity index (χ0) is 25.9. The molecule has 3 N–H and O–H groups in total. The van der Waals surface area contributed by atoms with Gasteiger partial charge >= 0.3 is 5.97 Å². The third-order valence-corrected chi connectivity index (χ3v) is 6.09. The van der Waals surface area contributed by atoms with Crippen molar-refractivity contribution in [1.82, 2.24) is 4.57 Å². The topological polar surface area (TPSA) is 117 Å². The lowest BCUT2D eigenvalue weighted by Crippen LogP contribution is -1.98. The van der Waals surface area contributed by atoms with Gasteiger partial charge in [0.25, 0.3) is 0 Å². The number of phenolic OH excluding ortho intramolecular Hbond substituents is 1. The minimum Gasteiger partial charge on any atom is -0.505 e. The van der Waals surface area contributed by atoms with Gasteiger partial charge in [-0.1, -0.05) is 54.6 Å². The van der Waals surface area contributed by atoms with E-state index in [-0.39, 0.29) is 28.6 Å². The fraction of sp³-hybridized carbons (Fsp3) is 0.0690. The van der Waals surface area contributed by atoms with Crippen molar-refractivity contribution in [2.24, 2.45) is 10.2 Å². The molecule has 0 spiro atoms. The van der Waals surface area contributed by atoms with Gasteiger partial charge in [0.1, 0.15) is 11.4 Å². The van der Waals surface area contributed by atoms with E-state index in [9.17, 15) is 20.1 Å².